The van der Waals surface area contributed by atoms with Crippen LogP contribution in [0.3, 0.4) is 0 Å². The maximum absolute atomic E-state index is 5.94. The highest BCUT2D eigenvalue weighted by molar-refractivity contribution is 7.80. The average Bonchev–Trinajstić information content (AvgIpc) is 2.26. The molecule has 1 aliphatic carbocycles. The maximum atomic E-state index is 5.94. The minimum absolute atomic E-state index is 0.268. The van der Waals surface area contributed by atoms with Gasteiger partial charge in [-0.05, 0) is 43.9 Å². The molecule has 1 aliphatic rings. The van der Waals surface area contributed by atoms with Crippen LogP contribution in [0.4, 0.5) is 0 Å². The summed E-state index contributed by atoms with van der Waals surface area (Å²) in [6.07, 6.45) is 3.60. The standard InChI is InChI=1S/C14H21NOS/c1-3-11-5-4-6-13(7-11)16-14-8-12(9-14)15-10(2)17/h4-7,10,12,14-15,17H,3,8-9H2,1-2H3/t10?,12-,14-. The highest BCUT2D eigenvalue weighted by Crippen LogP contribution is 2.27. The molecule has 0 aromatic heterocycles. The van der Waals surface area contributed by atoms with Crippen molar-refractivity contribution in [3.63, 3.8) is 0 Å². The fourth-order valence-electron chi connectivity index (χ4n) is 2.17. The zero-order valence-electron chi connectivity index (χ0n) is 10.5. The van der Waals surface area contributed by atoms with Gasteiger partial charge in [0.2, 0.25) is 0 Å². The van der Waals surface area contributed by atoms with Gasteiger partial charge in [-0.25, -0.2) is 0 Å². The lowest BCUT2D eigenvalue weighted by Gasteiger charge is -2.37. The number of benzene rings is 1. The van der Waals surface area contributed by atoms with Crippen molar-refractivity contribution < 1.29 is 4.74 Å². The second kappa shape index (κ2) is 5.78. The van der Waals surface area contributed by atoms with E-state index in [0.717, 1.165) is 25.0 Å². The van der Waals surface area contributed by atoms with Gasteiger partial charge in [-0.1, -0.05) is 19.1 Å². The number of ether oxygens (including phenoxy) is 1. The number of hydrogen-bond donors (Lipinski definition) is 2. The second-order valence-corrected chi connectivity index (χ2v) is 5.53. The Bertz CT molecular complexity index is 361. The molecule has 1 saturated carbocycles. The Morgan fingerprint density at radius 1 is 1.47 bits per heavy atom. The highest BCUT2D eigenvalue weighted by atomic mass is 32.1. The van der Waals surface area contributed by atoms with Crippen LogP contribution in [0.25, 0.3) is 0 Å². The van der Waals surface area contributed by atoms with Crippen molar-refractivity contribution in [1.82, 2.24) is 5.32 Å². The van der Waals surface area contributed by atoms with Crippen LogP contribution in [0, 0.1) is 0 Å². The van der Waals surface area contributed by atoms with Crippen LogP contribution in [-0.4, -0.2) is 17.5 Å². The number of hydrogen-bond acceptors (Lipinski definition) is 3. The summed E-state index contributed by atoms with van der Waals surface area (Å²) in [5.74, 6) is 1.01. The van der Waals surface area contributed by atoms with E-state index in [4.69, 9.17) is 4.74 Å². The summed E-state index contributed by atoms with van der Waals surface area (Å²) >= 11 is 4.33. The first-order chi connectivity index (χ1) is 8.17. The average molecular weight is 251 g/mol. The molecule has 1 atom stereocenters. The second-order valence-electron chi connectivity index (χ2n) is 4.75. The number of nitrogens with one attached hydrogen (secondary N) is 1. The molecule has 0 saturated heterocycles. The van der Waals surface area contributed by atoms with Crippen molar-refractivity contribution >= 4 is 12.6 Å². The lowest BCUT2D eigenvalue weighted by atomic mass is 9.89. The Balaban J connectivity index is 1.79. The predicted octanol–water partition coefficient (Wildman–Crippen LogP) is 3.02. The molecule has 1 aromatic rings. The Kier molecular flexibility index (Phi) is 4.35. The Morgan fingerprint density at radius 2 is 2.24 bits per heavy atom. The van der Waals surface area contributed by atoms with Gasteiger partial charge in [0.05, 0.1) is 0 Å². The molecule has 1 unspecified atom stereocenters. The van der Waals surface area contributed by atoms with Crippen molar-refractivity contribution in [2.24, 2.45) is 0 Å². The zero-order valence-corrected chi connectivity index (χ0v) is 11.4. The summed E-state index contributed by atoms with van der Waals surface area (Å²) in [5, 5.41) is 3.67. The SMILES string of the molecule is CCc1cccc(O[C@H]2C[C@H](NC(C)S)C2)c1. The molecule has 1 N–H and O–H groups in total. The molecule has 94 valence electrons. The molecule has 0 heterocycles. The van der Waals surface area contributed by atoms with E-state index >= 15 is 0 Å². The molecule has 17 heavy (non-hydrogen) atoms. The van der Waals surface area contributed by atoms with Crippen molar-refractivity contribution in [3.05, 3.63) is 29.8 Å². The first-order valence-corrected chi connectivity index (χ1v) is 6.88. The number of thiol groups is 1. The van der Waals surface area contributed by atoms with Crippen molar-refractivity contribution in [2.75, 3.05) is 0 Å². The van der Waals surface area contributed by atoms with E-state index < -0.39 is 0 Å². The van der Waals surface area contributed by atoms with Gasteiger partial charge in [0.1, 0.15) is 11.9 Å². The number of aryl methyl sites for hydroxylation is 1. The summed E-state index contributed by atoms with van der Waals surface area (Å²) in [7, 11) is 0. The third kappa shape index (κ3) is 3.65. The van der Waals surface area contributed by atoms with Crippen molar-refractivity contribution in [1.29, 1.82) is 0 Å². The largest absolute Gasteiger partial charge is 0.490 e. The van der Waals surface area contributed by atoms with Crippen LogP contribution in [0.5, 0.6) is 5.75 Å². The predicted molar refractivity (Wildman–Crippen MR) is 74.8 cm³/mol. The lowest BCUT2D eigenvalue weighted by Crippen LogP contribution is -2.48. The van der Waals surface area contributed by atoms with Gasteiger partial charge in [-0.15, -0.1) is 0 Å². The van der Waals surface area contributed by atoms with Gasteiger partial charge in [-0.3, -0.25) is 0 Å². The Morgan fingerprint density at radius 3 is 2.88 bits per heavy atom. The van der Waals surface area contributed by atoms with E-state index in [9.17, 15) is 0 Å². The fraction of sp³-hybridized carbons (Fsp3) is 0.571. The van der Waals surface area contributed by atoms with Crippen LogP contribution in [0.15, 0.2) is 24.3 Å². The van der Waals surface area contributed by atoms with Gasteiger partial charge in [0, 0.05) is 11.4 Å². The van der Waals surface area contributed by atoms with E-state index in [0.29, 0.717) is 12.1 Å². The monoisotopic (exact) mass is 251 g/mol. The first-order valence-electron chi connectivity index (χ1n) is 6.37. The van der Waals surface area contributed by atoms with Gasteiger partial charge >= 0.3 is 0 Å². The molecule has 0 radical (unpaired) electrons. The van der Waals surface area contributed by atoms with E-state index in [1.165, 1.54) is 5.56 Å². The summed E-state index contributed by atoms with van der Waals surface area (Å²) < 4.78 is 5.94. The molecular weight excluding hydrogens is 230 g/mol. The van der Waals surface area contributed by atoms with Crippen LogP contribution < -0.4 is 10.1 Å². The van der Waals surface area contributed by atoms with E-state index in [1.54, 1.807) is 0 Å². The normalized spacial score (nSPS) is 25.1. The van der Waals surface area contributed by atoms with E-state index in [-0.39, 0.29) is 5.37 Å². The van der Waals surface area contributed by atoms with Gasteiger partial charge < -0.3 is 10.1 Å². The fourth-order valence-corrected chi connectivity index (χ4v) is 2.38. The molecule has 1 aromatic carbocycles. The lowest BCUT2D eigenvalue weighted by molar-refractivity contribution is 0.0846. The zero-order chi connectivity index (χ0) is 12.3. The maximum Gasteiger partial charge on any atom is 0.119 e. The molecule has 3 heteroatoms. The van der Waals surface area contributed by atoms with Crippen LogP contribution >= 0.6 is 12.6 Å². The molecule has 2 nitrogen and oxygen atoms in total. The van der Waals surface area contributed by atoms with E-state index in [1.807, 2.05) is 6.07 Å². The molecule has 2 rings (SSSR count). The molecule has 0 bridgehead atoms. The van der Waals surface area contributed by atoms with Crippen LogP contribution in [0.1, 0.15) is 32.3 Å². The molecule has 1 fully saturated rings. The highest BCUT2D eigenvalue weighted by Gasteiger charge is 2.30. The summed E-state index contributed by atoms with van der Waals surface area (Å²) in [6, 6.07) is 8.96. The third-order valence-electron chi connectivity index (χ3n) is 3.18. The smallest absolute Gasteiger partial charge is 0.119 e. The van der Waals surface area contributed by atoms with Crippen molar-refractivity contribution in [2.45, 2.75) is 50.6 Å². The van der Waals surface area contributed by atoms with Crippen LogP contribution in [0.2, 0.25) is 0 Å². The Hall–Kier alpha value is -0.670. The van der Waals surface area contributed by atoms with Gasteiger partial charge in [0.25, 0.3) is 0 Å². The summed E-state index contributed by atoms with van der Waals surface area (Å²) in [6.45, 7) is 4.22. The summed E-state index contributed by atoms with van der Waals surface area (Å²) in [4.78, 5) is 0. The minimum Gasteiger partial charge on any atom is -0.490 e. The molecule has 0 spiro atoms. The Labute approximate surface area is 109 Å². The van der Waals surface area contributed by atoms with Crippen LogP contribution in [-0.2, 0) is 6.42 Å². The molecular formula is C14H21NOS. The van der Waals surface area contributed by atoms with Gasteiger partial charge in [0.15, 0.2) is 0 Å². The minimum atomic E-state index is 0.268. The quantitative estimate of drug-likeness (QED) is 0.620. The number of rotatable bonds is 5. The van der Waals surface area contributed by atoms with Crippen molar-refractivity contribution in [3.8, 4) is 5.75 Å². The third-order valence-corrected chi connectivity index (χ3v) is 3.33. The van der Waals surface area contributed by atoms with Gasteiger partial charge in [-0.2, -0.15) is 12.6 Å². The molecule has 0 aliphatic heterocycles. The van der Waals surface area contributed by atoms with E-state index in [2.05, 4.69) is 50.0 Å². The molecule has 0 amide bonds. The summed E-state index contributed by atoms with van der Waals surface area (Å²) in [5.41, 5.74) is 1.33. The topological polar surface area (TPSA) is 21.3 Å². The first kappa shape index (κ1) is 12.8.